The summed E-state index contributed by atoms with van der Waals surface area (Å²) in [6.45, 7) is 3.81. The fraction of sp³-hybridized carbons (Fsp3) is 0.143. The largest absolute Gasteiger partial charge is 0.330 e. The Morgan fingerprint density at radius 1 is 1.15 bits per heavy atom. The smallest absolute Gasteiger partial charge is 0.270 e. The van der Waals surface area contributed by atoms with Gasteiger partial charge in [0.2, 0.25) is 11.0 Å². The number of thiazole rings is 1. The zero-order valence-corrected chi connectivity index (χ0v) is 20.0. The lowest BCUT2D eigenvalue weighted by molar-refractivity contribution is -0.384. The zero-order valence-electron chi connectivity index (χ0n) is 17.5. The molecule has 1 unspecified atom stereocenters. The van der Waals surface area contributed by atoms with E-state index >= 15 is 0 Å². The average Bonchev–Trinajstić information content (AvgIpc) is 3.45. The fourth-order valence-electron chi connectivity index (χ4n) is 2.72. The van der Waals surface area contributed by atoms with Gasteiger partial charge in [0.15, 0.2) is 9.47 Å². The Bertz CT molecular complexity index is 1290. The van der Waals surface area contributed by atoms with Crippen molar-refractivity contribution in [3.8, 4) is 11.3 Å². The molecule has 0 aliphatic heterocycles. The number of rotatable bonds is 8. The first kappa shape index (κ1) is 22.8. The number of carbonyl (C=O) groups is 1. The highest BCUT2D eigenvalue weighted by Gasteiger charge is 2.19. The Labute approximate surface area is 201 Å². The zero-order chi connectivity index (χ0) is 23.4. The molecule has 0 radical (unpaired) electrons. The lowest BCUT2D eigenvalue weighted by Crippen LogP contribution is -2.22. The van der Waals surface area contributed by atoms with Crippen LogP contribution in [0.25, 0.3) is 11.3 Å². The van der Waals surface area contributed by atoms with E-state index in [0.29, 0.717) is 25.9 Å². The number of aryl methyl sites for hydroxylation is 1. The number of hydrogen-bond acceptors (Lipinski definition) is 10. The van der Waals surface area contributed by atoms with E-state index in [1.807, 2.05) is 31.2 Å². The SMILES string of the molecule is Cc1ccc(Nc2nnc(SC(C)C(=O)Nc3nc(-c4cccc([N+](=O)[O-])c4)cs3)s2)cc1. The number of non-ortho nitro benzene ring substituents is 1. The van der Waals surface area contributed by atoms with E-state index in [-0.39, 0.29) is 11.6 Å². The number of nitrogens with one attached hydrogen (secondary N) is 2. The number of nitro benzene ring substituents is 1. The molecule has 4 rings (SSSR count). The van der Waals surface area contributed by atoms with Crippen molar-refractivity contribution in [2.45, 2.75) is 23.4 Å². The molecule has 0 bridgehead atoms. The second kappa shape index (κ2) is 10.1. The predicted octanol–water partition coefficient (Wildman–Crippen LogP) is 5.74. The van der Waals surface area contributed by atoms with Gasteiger partial charge in [-0.25, -0.2) is 4.98 Å². The molecule has 0 saturated heterocycles. The number of amides is 1. The van der Waals surface area contributed by atoms with Gasteiger partial charge in [-0.05, 0) is 26.0 Å². The van der Waals surface area contributed by atoms with Gasteiger partial charge in [0.25, 0.3) is 5.69 Å². The summed E-state index contributed by atoms with van der Waals surface area (Å²) < 4.78 is 0.670. The van der Waals surface area contributed by atoms with E-state index in [0.717, 1.165) is 5.69 Å². The number of hydrogen-bond donors (Lipinski definition) is 2. The number of thioether (sulfide) groups is 1. The predicted molar refractivity (Wildman–Crippen MR) is 133 cm³/mol. The van der Waals surface area contributed by atoms with Crippen LogP contribution < -0.4 is 10.6 Å². The minimum absolute atomic E-state index is 0.00981. The van der Waals surface area contributed by atoms with Crippen LogP contribution in [0.5, 0.6) is 0 Å². The third-order valence-corrected chi connectivity index (χ3v) is 7.22. The summed E-state index contributed by atoms with van der Waals surface area (Å²) in [4.78, 5) is 27.5. The van der Waals surface area contributed by atoms with Crippen molar-refractivity contribution in [3.63, 3.8) is 0 Å². The standard InChI is InChI=1S/C21H18N6O3S3/c1-12-6-8-15(9-7-12)22-20-25-26-21(33-20)32-13(2)18(28)24-19-23-17(11-31-19)14-4-3-5-16(10-14)27(29)30/h3-11,13H,1-2H3,(H,22,25)(H,23,24,28). The number of anilines is 3. The Balaban J connectivity index is 1.35. The van der Waals surface area contributed by atoms with Gasteiger partial charge in [0, 0.05) is 28.8 Å². The van der Waals surface area contributed by atoms with Gasteiger partial charge in [-0.3, -0.25) is 14.9 Å². The third kappa shape index (κ3) is 5.92. The van der Waals surface area contributed by atoms with Crippen LogP contribution in [0, 0.1) is 17.0 Å². The monoisotopic (exact) mass is 498 g/mol. The summed E-state index contributed by atoms with van der Waals surface area (Å²) in [5.41, 5.74) is 3.26. The highest BCUT2D eigenvalue weighted by atomic mass is 32.2. The van der Waals surface area contributed by atoms with Gasteiger partial charge in [0.05, 0.1) is 15.9 Å². The maximum atomic E-state index is 12.6. The van der Waals surface area contributed by atoms with Gasteiger partial charge in [0.1, 0.15) is 0 Å². The molecule has 2 aromatic heterocycles. The molecule has 0 aliphatic carbocycles. The van der Waals surface area contributed by atoms with Gasteiger partial charge >= 0.3 is 0 Å². The molecule has 0 fully saturated rings. The van der Waals surface area contributed by atoms with Crippen LogP contribution in [0.3, 0.4) is 0 Å². The molecular formula is C21H18N6O3S3. The fourth-order valence-corrected chi connectivity index (χ4v) is 5.36. The minimum Gasteiger partial charge on any atom is -0.330 e. The summed E-state index contributed by atoms with van der Waals surface area (Å²) in [6, 6.07) is 14.2. The molecule has 168 valence electrons. The summed E-state index contributed by atoms with van der Waals surface area (Å²) in [5.74, 6) is -0.219. The number of aromatic nitrogens is 3. The summed E-state index contributed by atoms with van der Waals surface area (Å²) in [6.07, 6.45) is 0. The Morgan fingerprint density at radius 3 is 2.70 bits per heavy atom. The molecule has 33 heavy (non-hydrogen) atoms. The van der Waals surface area contributed by atoms with Crippen LogP contribution in [0.15, 0.2) is 58.3 Å². The second-order valence-corrected chi connectivity index (χ2v) is 10.4. The Morgan fingerprint density at radius 2 is 1.94 bits per heavy atom. The molecule has 2 N–H and O–H groups in total. The molecule has 2 heterocycles. The average molecular weight is 499 g/mol. The van der Waals surface area contributed by atoms with Crippen LogP contribution in [-0.4, -0.2) is 31.3 Å². The van der Waals surface area contributed by atoms with E-state index in [2.05, 4.69) is 25.8 Å². The van der Waals surface area contributed by atoms with Gasteiger partial charge in [-0.1, -0.05) is 52.9 Å². The summed E-state index contributed by atoms with van der Waals surface area (Å²) in [7, 11) is 0. The molecule has 0 spiro atoms. The number of benzene rings is 2. The first-order valence-electron chi connectivity index (χ1n) is 9.72. The normalized spacial score (nSPS) is 11.7. The second-order valence-electron chi connectivity index (χ2n) is 6.96. The molecule has 1 amide bonds. The highest BCUT2D eigenvalue weighted by Crippen LogP contribution is 2.32. The maximum absolute atomic E-state index is 12.6. The first-order chi connectivity index (χ1) is 15.9. The molecule has 9 nitrogen and oxygen atoms in total. The summed E-state index contributed by atoms with van der Waals surface area (Å²) >= 11 is 3.94. The van der Waals surface area contributed by atoms with Crippen molar-refractivity contribution < 1.29 is 9.72 Å². The van der Waals surface area contributed by atoms with Crippen molar-refractivity contribution >= 4 is 62.0 Å². The van der Waals surface area contributed by atoms with Crippen LogP contribution >= 0.6 is 34.4 Å². The van der Waals surface area contributed by atoms with Crippen molar-refractivity contribution in [2.24, 2.45) is 0 Å². The topological polar surface area (TPSA) is 123 Å². The molecule has 0 saturated carbocycles. The van der Waals surface area contributed by atoms with Gasteiger partial charge in [-0.2, -0.15) is 0 Å². The van der Waals surface area contributed by atoms with E-state index in [1.54, 1.807) is 24.4 Å². The molecule has 2 aromatic carbocycles. The first-order valence-corrected chi connectivity index (χ1v) is 12.3. The van der Waals surface area contributed by atoms with E-state index < -0.39 is 10.2 Å². The van der Waals surface area contributed by atoms with Crippen molar-refractivity contribution in [2.75, 3.05) is 10.6 Å². The van der Waals surface area contributed by atoms with Crippen LogP contribution in [0.2, 0.25) is 0 Å². The van der Waals surface area contributed by atoms with E-state index in [9.17, 15) is 14.9 Å². The van der Waals surface area contributed by atoms with E-state index in [4.69, 9.17) is 0 Å². The molecule has 12 heteroatoms. The quantitative estimate of drug-likeness (QED) is 0.179. The maximum Gasteiger partial charge on any atom is 0.270 e. The van der Waals surface area contributed by atoms with Crippen molar-refractivity contribution in [1.82, 2.24) is 15.2 Å². The number of nitro groups is 1. The lowest BCUT2D eigenvalue weighted by atomic mass is 10.1. The Hall–Kier alpha value is -3.35. The highest BCUT2D eigenvalue weighted by molar-refractivity contribution is 8.02. The lowest BCUT2D eigenvalue weighted by Gasteiger charge is -2.07. The molecule has 1 atom stereocenters. The Kier molecular flexibility index (Phi) is 6.96. The van der Waals surface area contributed by atoms with Gasteiger partial charge < -0.3 is 10.6 Å². The van der Waals surface area contributed by atoms with Crippen molar-refractivity contribution in [3.05, 3.63) is 69.6 Å². The van der Waals surface area contributed by atoms with Crippen LogP contribution in [0.4, 0.5) is 21.6 Å². The van der Waals surface area contributed by atoms with E-state index in [1.165, 1.54) is 52.1 Å². The molecule has 4 aromatic rings. The minimum atomic E-state index is -0.452. The van der Waals surface area contributed by atoms with Gasteiger partial charge in [-0.15, -0.1) is 21.5 Å². The third-order valence-electron chi connectivity index (χ3n) is 4.44. The molecular weight excluding hydrogens is 480 g/mol. The van der Waals surface area contributed by atoms with Crippen molar-refractivity contribution in [1.29, 1.82) is 0 Å². The van der Waals surface area contributed by atoms with Crippen LogP contribution in [0.1, 0.15) is 12.5 Å². The summed E-state index contributed by atoms with van der Waals surface area (Å²) in [5, 5.41) is 27.7. The van der Waals surface area contributed by atoms with Crippen LogP contribution in [-0.2, 0) is 4.79 Å². The number of carbonyl (C=O) groups excluding carboxylic acids is 1. The molecule has 0 aliphatic rings. The number of nitrogens with zero attached hydrogens (tertiary/aromatic N) is 4.